The number of nitrogens with one attached hydrogen (secondary N) is 1. The Balaban J connectivity index is 2.71. The van der Waals surface area contributed by atoms with Crippen LogP contribution in [0.2, 0.25) is 0 Å². The maximum atomic E-state index is 10.7. The van der Waals surface area contributed by atoms with Crippen LogP contribution in [0.25, 0.3) is 0 Å². The molecule has 1 rings (SSSR count). The van der Waals surface area contributed by atoms with Gasteiger partial charge in [-0.3, -0.25) is 0 Å². The Labute approximate surface area is 75.2 Å². The van der Waals surface area contributed by atoms with Crippen molar-refractivity contribution in [2.75, 3.05) is 7.05 Å². The molecule has 0 saturated heterocycles. The van der Waals surface area contributed by atoms with E-state index in [1.54, 1.807) is 0 Å². The molecule has 0 fully saturated rings. The summed E-state index contributed by atoms with van der Waals surface area (Å²) < 4.78 is 4.67. The van der Waals surface area contributed by atoms with Crippen LogP contribution in [0.15, 0.2) is 12.4 Å². The molecular formula is C8H7N3O2. The van der Waals surface area contributed by atoms with E-state index in [0.717, 1.165) is 0 Å². The Morgan fingerprint density at radius 3 is 2.85 bits per heavy atom. The second-order valence-electron chi connectivity index (χ2n) is 2.02. The van der Waals surface area contributed by atoms with Crippen LogP contribution in [0.3, 0.4) is 0 Å². The van der Waals surface area contributed by atoms with Gasteiger partial charge in [0.05, 0.1) is 12.4 Å². The molecule has 1 heterocycles. The van der Waals surface area contributed by atoms with Gasteiger partial charge in [-0.25, -0.2) is 14.8 Å². The first-order valence-corrected chi connectivity index (χ1v) is 3.44. The highest BCUT2D eigenvalue weighted by Gasteiger charge is 2.01. The van der Waals surface area contributed by atoms with Gasteiger partial charge in [0.15, 0.2) is 0 Å². The maximum Gasteiger partial charge on any atom is 0.413 e. The molecule has 0 aliphatic heterocycles. The van der Waals surface area contributed by atoms with Crippen LogP contribution in [0, 0.1) is 12.3 Å². The van der Waals surface area contributed by atoms with Crippen LogP contribution in [-0.2, 0) is 0 Å². The van der Waals surface area contributed by atoms with Gasteiger partial charge in [0.25, 0.3) is 0 Å². The van der Waals surface area contributed by atoms with E-state index in [0.29, 0.717) is 5.69 Å². The molecule has 0 aliphatic rings. The van der Waals surface area contributed by atoms with Crippen molar-refractivity contribution in [3.05, 3.63) is 18.1 Å². The van der Waals surface area contributed by atoms with E-state index in [2.05, 4.69) is 25.9 Å². The lowest BCUT2D eigenvalue weighted by molar-refractivity contribution is 0.201. The highest BCUT2D eigenvalue weighted by Crippen LogP contribution is 2.02. The summed E-state index contributed by atoms with van der Waals surface area (Å²) in [5.41, 5.74) is 0.393. The van der Waals surface area contributed by atoms with Gasteiger partial charge in [-0.1, -0.05) is 0 Å². The summed E-state index contributed by atoms with van der Waals surface area (Å²) in [6.45, 7) is 0. The van der Waals surface area contributed by atoms with E-state index in [4.69, 9.17) is 6.42 Å². The van der Waals surface area contributed by atoms with E-state index in [1.165, 1.54) is 19.4 Å². The first-order chi connectivity index (χ1) is 6.26. The van der Waals surface area contributed by atoms with Crippen molar-refractivity contribution >= 4 is 6.09 Å². The lowest BCUT2D eigenvalue weighted by atomic mass is 10.5. The lowest BCUT2D eigenvalue weighted by Gasteiger charge is -2.00. The van der Waals surface area contributed by atoms with Crippen LogP contribution < -0.4 is 10.1 Å². The van der Waals surface area contributed by atoms with Crippen LogP contribution in [0.4, 0.5) is 4.79 Å². The highest BCUT2D eigenvalue weighted by molar-refractivity contribution is 5.69. The molecule has 5 heteroatoms. The smallest absolute Gasteiger partial charge is 0.390 e. The average Bonchev–Trinajstić information content (AvgIpc) is 2.19. The molecule has 0 aromatic carbocycles. The van der Waals surface area contributed by atoms with Crippen molar-refractivity contribution in [3.63, 3.8) is 0 Å². The molecule has 0 atom stereocenters. The number of hydrogen-bond acceptors (Lipinski definition) is 4. The van der Waals surface area contributed by atoms with E-state index < -0.39 is 6.09 Å². The number of nitrogens with zero attached hydrogens (tertiary/aromatic N) is 2. The summed E-state index contributed by atoms with van der Waals surface area (Å²) in [5.74, 6) is 2.40. The van der Waals surface area contributed by atoms with Crippen molar-refractivity contribution in [2.45, 2.75) is 0 Å². The third-order valence-corrected chi connectivity index (χ3v) is 1.18. The van der Waals surface area contributed by atoms with Crippen molar-refractivity contribution in [1.29, 1.82) is 0 Å². The zero-order valence-corrected chi connectivity index (χ0v) is 6.94. The molecule has 0 aliphatic carbocycles. The average molecular weight is 177 g/mol. The predicted molar refractivity (Wildman–Crippen MR) is 45.1 cm³/mol. The summed E-state index contributed by atoms with van der Waals surface area (Å²) >= 11 is 0. The Bertz CT molecular complexity index is 339. The largest absolute Gasteiger partial charge is 0.413 e. The number of hydrogen-bond donors (Lipinski definition) is 1. The SMILES string of the molecule is C#Cc1cnc(OC(=O)NC)cn1. The molecule has 1 aromatic heterocycles. The topological polar surface area (TPSA) is 64.1 Å². The lowest BCUT2D eigenvalue weighted by Crippen LogP contribution is -2.22. The van der Waals surface area contributed by atoms with Gasteiger partial charge >= 0.3 is 6.09 Å². The molecule has 0 saturated carbocycles. The molecule has 5 nitrogen and oxygen atoms in total. The van der Waals surface area contributed by atoms with Crippen molar-refractivity contribution in [1.82, 2.24) is 15.3 Å². The molecule has 1 amide bonds. The Morgan fingerprint density at radius 1 is 1.62 bits per heavy atom. The minimum absolute atomic E-state index is 0.110. The zero-order valence-electron chi connectivity index (χ0n) is 6.94. The molecule has 0 spiro atoms. The van der Waals surface area contributed by atoms with E-state index >= 15 is 0 Å². The van der Waals surface area contributed by atoms with Crippen LogP contribution >= 0.6 is 0 Å². The van der Waals surface area contributed by atoms with Gasteiger partial charge in [0.1, 0.15) is 5.69 Å². The van der Waals surface area contributed by atoms with Gasteiger partial charge in [-0.05, 0) is 5.92 Å². The Kier molecular flexibility index (Phi) is 2.82. The summed E-state index contributed by atoms with van der Waals surface area (Å²) in [5, 5.41) is 2.27. The van der Waals surface area contributed by atoms with Crippen molar-refractivity contribution < 1.29 is 9.53 Å². The fraction of sp³-hybridized carbons (Fsp3) is 0.125. The molecule has 1 N–H and O–H groups in total. The zero-order chi connectivity index (χ0) is 9.68. The fourth-order valence-corrected chi connectivity index (χ4v) is 0.589. The standard InChI is InChI=1S/C8H7N3O2/c1-3-6-4-11-7(5-10-6)13-8(12)9-2/h1,4-5H,2H3,(H,9,12). The quantitative estimate of drug-likeness (QED) is 0.621. The van der Waals surface area contributed by atoms with Crippen LogP contribution in [0.5, 0.6) is 5.88 Å². The first-order valence-electron chi connectivity index (χ1n) is 3.44. The Morgan fingerprint density at radius 2 is 2.38 bits per heavy atom. The number of aromatic nitrogens is 2. The fourth-order valence-electron chi connectivity index (χ4n) is 0.589. The second kappa shape index (κ2) is 4.07. The van der Waals surface area contributed by atoms with E-state index in [9.17, 15) is 4.79 Å². The van der Waals surface area contributed by atoms with Crippen LogP contribution in [-0.4, -0.2) is 23.1 Å². The van der Waals surface area contributed by atoms with Gasteiger partial charge in [0.2, 0.25) is 5.88 Å². The van der Waals surface area contributed by atoms with Crippen molar-refractivity contribution in [3.8, 4) is 18.2 Å². The third kappa shape index (κ3) is 2.45. The van der Waals surface area contributed by atoms with Gasteiger partial charge in [0, 0.05) is 7.05 Å². The summed E-state index contributed by atoms with van der Waals surface area (Å²) in [4.78, 5) is 18.2. The molecule has 0 unspecified atom stereocenters. The van der Waals surface area contributed by atoms with Crippen LogP contribution in [0.1, 0.15) is 5.69 Å². The number of amides is 1. The van der Waals surface area contributed by atoms with Gasteiger partial charge < -0.3 is 10.1 Å². The third-order valence-electron chi connectivity index (χ3n) is 1.18. The first kappa shape index (κ1) is 9.00. The van der Waals surface area contributed by atoms with E-state index in [1.807, 2.05) is 0 Å². The monoisotopic (exact) mass is 177 g/mol. The molecule has 13 heavy (non-hydrogen) atoms. The highest BCUT2D eigenvalue weighted by atomic mass is 16.6. The van der Waals surface area contributed by atoms with E-state index in [-0.39, 0.29) is 5.88 Å². The number of rotatable bonds is 1. The molecule has 1 aromatic rings. The predicted octanol–water partition coefficient (Wildman–Crippen LogP) is 0.176. The summed E-state index contributed by atoms with van der Waals surface area (Å²) in [6, 6.07) is 0. The molecule has 0 radical (unpaired) electrons. The minimum Gasteiger partial charge on any atom is -0.390 e. The number of ether oxygens (including phenoxy) is 1. The van der Waals surface area contributed by atoms with Crippen molar-refractivity contribution in [2.24, 2.45) is 0 Å². The Hall–Kier alpha value is -2.09. The number of carbonyl (C=O) groups is 1. The maximum absolute atomic E-state index is 10.7. The van der Waals surface area contributed by atoms with Gasteiger partial charge in [-0.2, -0.15) is 0 Å². The molecule has 0 bridgehead atoms. The normalized spacial score (nSPS) is 8.62. The number of terminal acetylenes is 1. The van der Waals surface area contributed by atoms with Gasteiger partial charge in [-0.15, -0.1) is 6.42 Å². The minimum atomic E-state index is -0.595. The summed E-state index contributed by atoms with van der Waals surface area (Å²) in [6.07, 6.45) is 7.09. The second-order valence-corrected chi connectivity index (χ2v) is 2.02. The summed E-state index contributed by atoms with van der Waals surface area (Å²) in [7, 11) is 1.45. The number of carbonyl (C=O) groups excluding carboxylic acids is 1. The molecular weight excluding hydrogens is 170 g/mol. The molecule has 66 valence electrons.